The van der Waals surface area contributed by atoms with E-state index in [2.05, 4.69) is 36.3 Å². The fourth-order valence-electron chi connectivity index (χ4n) is 2.13. The number of hydrogen-bond donors (Lipinski definition) is 2. The molecule has 88 valence electrons. The van der Waals surface area contributed by atoms with Gasteiger partial charge in [0.05, 0.1) is 6.04 Å². The molecule has 0 aromatic heterocycles. The number of carbonyl (C=O) groups is 1. The van der Waals surface area contributed by atoms with E-state index in [1.54, 1.807) is 0 Å². The van der Waals surface area contributed by atoms with E-state index in [1.807, 2.05) is 7.05 Å². The van der Waals surface area contributed by atoms with E-state index in [9.17, 15) is 4.79 Å². The number of hydrogen-bond acceptors (Lipinski definition) is 3. The number of nitrogens with zero attached hydrogens (tertiary/aromatic N) is 1. The lowest BCUT2D eigenvalue weighted by Gasteiger charge is -2.40. The van der Waals surface area contributed by atoms with E-state index in [0.717, 1.165) is 19.5 Å². The molecule has 1 aliphatic heterocycles. The van der Waals surface area contributed by atoms with Crippen LogP contribution in [0.4, 0.5) is 0 Å². The zero-order valence-electron chi connectivity index (χ0n) is 10.2. The topological polar surface area (TPSA) is 44.4 Å². The standard InChI is InChI=1S/C11H23N3O/c1-8(2)14-7-9(3)13-11(15)10(14)5-6-12-4/h8-10,12H,5-7H2,1-4H3,(H,13,15). The Morgan fingerprint density at radius 2 is 2.27 bits per heavy atom. The number of rotatable bonds is 4. The highest BCUT2D eigenvalue weighted by Gasteiger charge is 2.33. The van der Waals surface area contributed by atoms with E-state index < -0.39 is 0 Å². The van der Waals surface area contributed by atoms with Crippen molar-refractivity contribution in [2.24, 2.45) is 0 Å². The highest BCUT2D eigenvalue weighted by Crippen LogP contribution is 2.14. The zero-order chi connectivity index (χ0) is 11.4. The van der Waals surface area contributed by atoms with Crippen molar-refractivity contribution in [2.75, 3.05) is 20.1 Å². The van der Waals surface area contributed by atoms with Crippen LogP contribution >= 0.6 is 0 Å². The SMILES string of the molecule is CNCCC1C(=O)NC(C)CN1C(C)C. The van der Waals surface area contributed by atoms with Gasteiger partial charge in [-0.1, -0.05) is 0 Å². The minimum absolute atomic E-state index is 0.0358. The Bertz CT molecular complexity index is 218. The number of amides is 1. The maximum atomic E-state index is 11.8. The van der Waals surface area contributed by atoms with Gasteiger partial charge in [-0.3, -0.25) is 9.69 Å². The van der Waals surface area contributed by atoms with Gasteiger partial charge in [0.2, 0.25) is 5.91 Å². The van der Waals surface area contributed by atoms with Gasteiger partial charge in [-0.25, -0.2) is 0 Å². The third-order valence-electron chi connectivity index (χ3n) is 2.91. The summed E-state index contributed by atoms with van der Waals surface area (Å²) in [4.78, 5) is 14.1. The molecule has 1 saturated heterocycles. The smallest absolute Gasteiger partial charge is 0.237 e. The fourth-order valence-corrected chi connectivity index (χ4v) is 2.13. The summed E-state index contributed by atoms with van der Waals surface area (Å²) in [6, 6.07) is 0.736. The molecule has 0 spiro atoms. The molecule has 0 bridgehead atoms. The molecule has 0 radical (unpaired) electrons. The Labute approximate surface area is 92.4 Å². The normalized spacial score (nSPS) is 28.2. The molecule has 4 nitrogen and oxygen atoms in total. The van der Waals surface area contributed by atoms with Crippen LogP contribution in [0.15, 0.2) is 0 Å². The molecule has 2 unspecified atom stereocenters. The molecule has 1 rings (SSSR count). The summed E-state index contributed by atoms with van der Waals surface area (Å²) >= 11 is 0. The molecular weight excluding hydrogens is 190 g/mol. The largest absolute Gasteiger partial charge is 0.351 e. The summed E-state index contributed by atoms with van der Waals surface area (Å²) in [5.74, 6) is 0.178. The quantitative estimate of drug-likeness (QED) is 0.701. The average Bonchev–Trinajstić information content (AvgIpc) is 2.15. The molecule has 1 aliphatic rings. The molecule has 0 aromatic rings. The van der Waals surface area contributed by atoms with Crippen LogP contribution in [0.5, 0.6) is 0 Å². The maximum Gasteiger partial charge on any atom is 0.237 e. The summed E-state index contributed by atoms with van der Waals surface area (Å²) in [6.45, 7) is 8.20. The molecule has 2 N–H and O–H groups in total. The van der Waals surface area contributed by atoms with Gasteiger partial charge >= 0.3 is 0 Å². The second-order valence-electron chi connectivity index (χ2n) is 4.61. The van der Waals surface area contributed by atoms with Crippen LogP contribution < -0.4 is 10.6 Å². The van der Waals surface area contributed by atoms with Crippen molar-refractivity contribution in [3.8, 4) is 0 Å². The van der Waals surface area contributed by atoms with Crippen LogP contribution in [0.3, 0.4) is 0 Å². The van der Waals surface area contributed by atoms with Gasteiger partial charge in [0.1, 0.15) is 0 Å². The fraction of sp³-hybridized carbons (Fsp3) is 0.909. The van der Waals surface area contributed by atoms with E-state index in [4.69, 9.17) is 0 Å². The van der Waals surface area contributed by atoms with Gasteiger partial charge in [0.25, 0.3) is 0 Å². The first-order valence-corrected chi connectivity index (χ1v) is 5.77. The van der Waals surface area contributed by atoms with E-state index in [1.165, 1.54) is 0 Å². The summed E-state index contributed by atoms with van der Waals surface area (Å²) in [7, 11) is 1.92. The van der Waals surface area contributed by atoms with Crippen LogP contribution in [0.2, 0.25) is 0 Å². The van der Waals surface area contributed by atoms with Crippen LogP contribution in [-0.2, 0) is 4.79 Å². The molecule has 15 heavy (non-hydrogen) atoms. The van der Waals surface area contributed by atoms with Crippen molar-refractivity contribution in [3.63, 3.8) is 0 Å². The van der Waals surface area contributed by atoms with Crippen molar-refractivity contribution < 1.29 is 4.79 Å². The molecular formula is C11H23N3O. The van der Waals surface area contributed by atoms with E-state index in [-0.39, 0.29) is 18.0 Å². The molecule has 1 heterocycles. The molecule has 0 aromatic carbocycles. The summed E-state index contributed by atoms with van der Waals surface area (Å²) in [5, 5.41) is 6.11. The lowest BCUT2D eigenvalue weighted by atomic mass is 10.0. The monoisotopic (exact) mass is 213 g/mol. The van der Waals surface area contributed by atoms with Crippen LogP contribution in [0, 0.1) is 0 Å². The number of piperazine rings is 1. The van der Waals surface area contributed by atoms with Crippen molar-refractivity contribution >= 4 is 5.91 Å². The van der Waals surface area contributed by atoms with Gasteiger partial charge in [-0.15, -0.1) is 0 Å². The lowest BCUT2D eigenvalue weighted by molar-refractivity contribution is -0.131. The summed E-state index contributed by atoms with van der Waals surface area (Å²) in [5.41, 5.74) is 0. The Kier molecular flexibility index (Phi) is 4.54. The van der Waals surface area contributed by atoms with E-state index >= 15 is 0 Å². The van der Waals surface area contributed by atoms with Gasteiger partial charge in [-0.05, 0) is 40.8 Å². The third kappa shape index (κ3) is 3.18. The van der Waals surface area contributed by atoms with Crippen LogP contribution in [0.25, 0.3) is 0 Å². The molecule has 0 aliphatic carbocycles. The predicted octanol–water partition coefficient (Wildman–Crippen LogP) is 0.193. The Morgan fingerprint density at radius 1 is 1.60 bits per heavy atom. The third-order valence-corrected chi connectivity index (χ3v) is 2.91. The highest BCUT2D eigenvalue weighted by molar-refractivity contribution is 5.82. The second kappa shape index (κ2) is 5.47. The minimum atomic E-state index is 0.0358. The first kappa shape index (κ1) is 12.5. The van der Waals surface area contributed by atoms with Gasteiger partial charge in [0, 0.05) is 18.6 Å². The first-order valence-electron chi connectivity index (χ1n) is 5.77. The van der Waals surface area contributed by atoms with Crippen molar-refractivity contribution in [2.45, 2.75) is 45.3 Å². The zero-order valence-corrected chi connectivity index (χ0v) is 10.2. The van der Waals surface area contributed by atoms with Gasteiger partial charge in [-0.2, -0.15) is 0 Å². The Morgan fingerprint density at radius 3 is 2.80 bits per heavy atom. The molecule has 2 atom stereocenters. The second-order valence-corrected chi connectivity index (χ2v) is 4.61. The molecule has 0 saturated carbocycles. The minimum Gasteiger partial charge on any atom is -0.351 e. The van der Waals surface area contributed by atoms with Crippen molar-refractivity contribution in [1.29, 1.82) is 0 Å². The molecule has 1 amide bonds. The number of carbonyl (C=O) groups excluding carboxylic acids is 1. The van der Waals surface area contributed by atoms with E-state index in [0.29, 0.717) is 6.04 Å². The lowest BCUT2D eigenvalue weighted by Crippen LogP contribution is -2.61. The molecule has 1 fully saturated rings. The van der Waals surface area contributed by atoms with Crippen molar-refractivity contribution in [1.82, 2.24) is 15.5 Å². The first-order chi connectivity index (χ1) is 7.06. The highest BCUT2D eigenvalue weighted by atomic mass is 16.2. The van der Waals surface area contributed by atoms with Gasteiger partial charge < -0.3 is 10.6 Å². The van der Waals surface area contributed by atoms with Crippen molar-refractivity contribution in [3.05, 3.63) is 0 Å². The summed E-state index contributed by atoms with van der Waals surface area (Å²) in [6.07, 6.45) is 0.882. The Balaban J connectivity index is 2.64. The summed E-state index contributed by atoms with van der Waals surface area (Å²) < 4.78 is 0. The van der Waals surface area contributed by atoms with Gasteiger partial charge in [0.15, 0.2) is 0 Å². The van der Waals surface area contributed by atoms with Crippen LogP contribution in [0.1, 0.15) is 27.2 Å². The average molecular weight is 213 g/mol. The van der Waals surface area contributed by atoms with Crippen LogP contribution in [-0.4, -0.2) is 49.1 Å². The predicted molar refractivity (Wildman–Crippen MR) is 61.8 cm³/mol. The maximum absolute atomic E-state index is 11.8. The Hall–Kier alpha value is -0.610. The molecule has 4 heteroatoms. The number of nitrogens with one attached hydrogen (secondary N) is 2.